The van der Waals surface area contributed by atoms with Gasteiger partial charge in [0.1, 0.15) is 12.4 Å². The Morgan fingerprint density at radius 2 is 1.72 bits per heavy atom. The lowest BCUT2D eigenvalue weighted by Crippen LogP contribution is -2.39. The molecule has 2 heterocycles. The molecule has 0 bridgehead atoms. The molecule has 0 N–H and O–H groups in total. The van der Waals surface area contributed by atoms with Crippen LogP contribution in [-0.4, -0.2) is 10.5 Å². The Hall–Kier alpha value is -4.10. The molecule has 1 atom stereocenters. The van der Waals surface area contributed by atoms with Gasteiger partial charge in [0.25, 0.3) is 5.56 Å². The van der Waals surface area contributed by atoms with Crippen molar-refractivity contribution in [2.45, 2.75) is 26.5 Å². The van der Waals surface area contributed by atoms with Gasteiger partial charge in [-0.2, -0.15) is 0 Å². The molecule has 4 aromatic rings. The van der Waals surface area contributed by atoms with E-state index in [2.05, 4.69) is 4.99 Å². The molecule has 36 heavy (non-hydrogen) atoms. The fraction of sp³-hybridized carbons (Fsp3) is 0.138. The van der Waals surface area contributed by atoms with E-state index in [1.807, 2.05) is 67.6 Å². The highest BCUT2D eigenvalue weighted by molar-refractivity contribution is 7.07. The predicted octanol–water partition coefficient (Wildman–Crippen LogP) is 4.43. The van der Waals surface area contributed by atoms with Crippen LogP contribution in [0.2, 0.25) is 0 Å². The highest BCUT2D eigenvalue weighted by Gasteiger charge is 2.33. The minimum Gasteiger partial charge on any atom is -0.457 e. The monoisotopic (exact) mass is 498 g/mol. The third-order valence-corrected chi connectivity index (χ3v) is 7.00. The third-order valence-electron chi connectivity index (χ3n) is 6.02. The second-order valence-electron chi connectivity index (χ2n) is 8.61. The minimum atomic E-state index is -0.787. The van der Waals surface area contributed by atoms with E-state index in [1.165, 1.54) is 28.0 Å². The van der Waals surface area contributed by atoms with Gasteiger partial charge in [0.15, 0.2) is 4.80 Å². The number of hydrogen-bond donors (Lipinski definition) is 0. The highest BCUT2D eigenvalue weighted by atomic mass is 32.1. The van der Waals surface area contributed by atoms with Crippen LogP contribution in [0.15, 0.2) is 99.9 Å². The Kier molecular flexibility index (Phi) is 6.48. The van der Waals surface area contributed by atoms with Gasteiger partial charge in [-0.25, -0.2) is 14.2 Å². The van der Waals surface area contributed by atoms with Gasteiger partial charge in [-0.1, -0.05) is 83.6 Å². The van der Waals surface area contributed by atoms with Crippen LogP contribution < -0.4 is 14.9 Å². The van der Waals surface area contributed by atoms with E-state index in [0.717, 1.165) is 16.7 Å². The fourth-order valence-electron chi connectivity index (χ4n) is 4.16. The summed E-state index contributed by atoms with van der Waals surface area (Å²) in [4.78, 5) is 32.0. The predicted molar refractivity (Wildman–Crippen MR) is 138 cm³/mol. The lowest BCUT2D eigenvalue weighted by molar-refractivity contribution is -0.140. The number of rotatable bonds is 5. The summed E-state index contributed by atoms with van der Waals surface area (Å²) in [7, 11) is 0. The average molecular weight is 499 g/mol. The molecule has 0 amide bonds. The van der Waals surface area contributed by atoms with Crippen LogP contribution in [-0.2, 0) is 16.1 Å². The molecule has 1 aromatic heterocycles. The molecule has 0 saturated heterocycles. The number of carbonyl (C=O) groups excluding carboxylic acids is 1. The Bertz CT molecular complexity index is 1630. The first kappa shape index (κ1) is 23.6. The third kappa shape index (κ3) is 4.70. The molecular formula is C29H23FN2O3S. The molecule has 3 aromatic carbocycles. The van der Waals surface area contributed by atoms with Gasteiger partial charge in [-0.05, 0) is 48.7 Å². The largest absolute Gasteiger partial charge is 0.457 e. The molecular weight excluding hydrogens is 475 g/mol. The van der Waals surface area contributed by atoms with Crippen molar-refractivity contribution in [1.29, 1.82) is 0 Å². The number of thiazole rings is 1. The van der Waals surface area contributed by atoms with Crippen molar-refractivity contribution in [3.8, 4) is 0 Å². The first-order chi connectivity index (χ1) is 17.4. The zero-order valence-electron chi connectivity index (χ0n) is 19.8. The van der Waals surface area contributed by atoms with Crippen molar-refractivity contribution in [3.05, 3.63) is 138 Å². The summed E-state index contributed by atoms with van der Waals surface area (Å²) < 4.78 is 21.4. The molecule has 0 unspecified atom stereocenters. The van der Waals surface area contributed by atoms with Gasteiger partial charge >= 0.3 is 5.97 Å². The van der Waals surface area contributed by atoms with E-state index in [1.54, 1.807) is 19.1 Å². The standard InChI is InChI=1S/C29H23FN2O3S/c1-18-8-10-20(11-9-18)16-24-27(33)32-26(22-12-14-23(30)15-13-22)25(19(2)31-29(32)36-24)28(34)35-17-21-6-4-3-5-7-21/h3-16,26H,17H2,1-2H3/b24-16-/t26-/m0/s1. The second kappa shape index (κ2) is 9.87. The summed E-state index contributed by atoms with van der Waals surface area (Å²) in [6.45, 7) is 3.82. The van der Waals surface area contributed by atoms with E-state index in [-0.39, 0.29) is 17.7 Å². The van der Waals surface area contributed by atoms with E-state index >= 15 is 0 Å². The van der Waals surface area contributed by atoms with Gasteiger partial charge in [-0.3, -0.25) is 9.36 Å². The minimum absolute atomic E-state index is 0.0877. The van der Waals surface area contributed by atoms with Gasteiger partial charge in [0.05, 0.1) is 21.8 Å². The van der Waals surface area contributed by atoms with Gasteiger partial charge in [0, 0.05) is 0 Å². The van der Waals surface area contributed by atoms with Crippen LogP contribution >= 0.6 is 11.3 Å². The van der Waals surface area contributed by atoms with Crippen molar-refractivity contribution < 1.29 is 13.9 Å². The molecule has 1 aliphatic heterocycles. The highest BCUT2D eigenvalue weighted by Crippen LogP contribution is 2.31. The molecule has 5 nitrogen and oxygen atoms in total. The summed E-state index contributed by atoms with van der Waals surface area (Å²) in [5.41, 5.74) is 3.91. The number of nitrogens with zero attached hydrogens (tertiary/aromatic N) is 2. The smallest absolute Gasteiger partial charge is 0.338 e. The molecule has 180 valence electrons. The van der Waals surface area contributed by atoms with Crippen molar-refractivity contribution >= 4 is 23.4 Å². The molecule has 0 radical (unpaired) electrons. The maximum Gasteiger partial charge on any atom is 0.338 e. The molecule has 0 saturated carbocycles. The lowest BCUT2D eigenvalue weighted by Gasteiger charge is -2.24. The van der Waals surface area contributed by atoms with Crippen molar-refractivity contribution in [2.75, 3.05) is 0 Å². The number of halogens is 1. The van der Waals surface area contributed by atoms with Gasteiger partial charge in [-0.15, -0.1) is 0 Å². The Balaban J connectivity index is 1.61. The first-order valence-electron chi connectivity index (χ1n) is 11.5. The lowest BCUT2D eigenvalue weighted by atomic mass is 9.96. The zero-order valence-corrected chi connectivity index (χ0v) is 20.6. The van der Waals surface area contributed by atoms with Crippen LogP contribution in [0.25, 0.3) is 6.08 Å². The number of carbonyl (C=O) groups is 1. The Morgan fingerprint density at radius 1 is 1.03 bits per heavy atom. The van der Waals surface area contributed by atoms with Crippen LogP contribution in [0.5, 0.6) is 0 Å². The SMILES string of the molecule is CC1=C(C(=O)OCc2ccccc2)[C@H](c2ccc(F)cc2)n2c(s/c(=C\c3ccc(C)cc3)c2=O)=N1. The first-order valence-corrected chi connectivity index (χ1v) is 12.3. The molecule has 5 rings (SSSR count). The number of hydrogen-bond acceptors (Lipinski definition) is 5. The molecule has 0 aliphatic carbocycles. The van der Waals surface area contributed by atoms with Crippen molar-refractivity contribution in [2.24, 2.45) is 4.99 Å². The van der Waals surface area contributed by atoms with Crippen LogP contribution in [0, 0.1) is 12.7 Å². The molecule has 1 aliphatic rings. The van der Waals surface area contributed by atoms with Gasteiger partial charge < -0.3 is 4.74 Å². The molecule has 0 fully saturated rings. The number of aryl methyl sites for hydroxylation is 1. The number of ether oxygens (including phenoxy) is 1. The van der Waals surface area contributed by atoms with E-state index in [0.29, 0.717) is 20.6 Å². The van der Waals surface area contributed by atoms with Gasteiger partial charge in [0.2, 0.25) is 0 Å². The summed E-state index contributed by atoms with van der Waals surface area (Å²) in [5, 5.41) is 0. The number of allylic oxidation sites excluding steroid dienone is 1. The summed E-state index contributed by atoms with van der Waals surface area (Å²) in [6, 6.07) is 22.2. The number of aromatic nitrogens is 1. The Labute approximate surface area is 211 Å². The summed E-state index contributed by atoms with van der Waals surface area (Å²) in [5.74, 6) is -0.971. The van der Waals surface area contributed by atoms with E-state index in [4.69, 9.17) is 4.74 Å². The Morgan fingerprint density at radius 3 is 2.42 bits per heavy atom. The van der Waals surface area contributed by atoms with E-state index < -0.39 is 17.8 Å². The summed E-state index contributed by atoms with van der Waals surface area (Å²) >= 11 is 1.26. The topological polar surface area (TPSA) is 60.7 Å². The second-order valence-corrected chi connectivity index (χ2v) is 9.61. The maximum atomic E-state index is 13.8. The number of fused-ring (bicyclic) bond motifs is 1. The average Bonchev–Trinajstić information content (AvgIpc) is 3.18. The van der Waals surface area contributed by atoms with E-state index in [9.17, 15) is 14.0 Å². The quantitative estimate of drug-likeness (QED) is 0.383. The maximum absolute atomic E-state index is 13.8. The van der Waals surface area contributed by atoms with Crippen LogP contribution in [0.4, 0.5) is 4.39 Å². The van der Waals surface area contributed by atoms with Crippen molar-refractivity contribution in [3.63, 3.8) is 0 Å². The summed E-state index contributed by atoms with van der Waals surface area (Å²) in [6.07, 6.45) is 1.82. The zero-order chi connectivity index (χ0) is 25.2. The van der Waals surface area contributed by atoms with Crippen LogP contribution in [0.3, 0.4) is 0 Å². The number of esters is 1. The molecule has 7 heteroatoms. The normalized spacial score (nSPS) is 15.4. The number of benzene rings is 3. The van der Waals surface area contributed by atoms with Crippen LogP contribution in [0.1, 0.15) is 35.2 Å². The van der Waals surface area contributed by atoms with Crippen molar-refractivity contribution in [1.82, 2.24) is 4.57 Å². The molecule has 0 spiro atoms. The fourth-order valence-corrected chi connectivity index (χ4v) is 5.20.